The lowest BCUT2D eigenvalue weighted by atomic mass is 9.90. The molecular weight excluding hydrogens is 358 g/mol. The number of nitrogens with zero attached hydrogens (tertiary/aromatic N) is 1. The fourth-order valence-electron chi connectivity index (χ4n) is 4.28. The monoisotopic (exact) mass is 385 g/mol. The Bertz CT molecular complexity index is 911. The van der Waals surface area contributed by atoms with Crippen LogP contribution in [0.4, 0.5) is 5.69 Å². The zero-order chi connectivity index (χ0) is 19.7. The Labute approximate surface area is 163 Å². The van der Waals surface area contributed by atoms with Crippen LogP contribution >= 0.6 is 0 Å². The van der Waals surface area contributed by atoms with E-state index >= 15 is 0 Å². The number of methoxy groups -OCH3 is 1. The van der Waals surface area contributed by atoms with Gasteiger partial charge in [0.1, 0.15) is 11.4 Å². The molecule has 5 N–H and O–H groups in total. The van der Waals surface area contributed by atoms with Gasteiger partial charge in [-0.1, -0.05) is 0 Å². The molecular formula is C20H27N5O3. The highest BCUT2D eigenvalue weighted by molar-refractivity contribution is 5.74. The third-order valence-corrected chi connectivity index (χ3v) is 5.91. The number of nitrogens with one attached hydrogen (secondary N) is 3. The van der Waals surface area contributed by atoms with E-state index in [0.717, 1.165) is 42.8 Å². The van der Waals surface area contributed by atoms with E-state index in [2.05, 4.69) is 20.3 Å². The van der Waals surface area contributed by atoms with Crippen LogP contribution in [0.2, 0.25) is 0 Å². The first-order chi connectivity index (χ1) is 13.5. The Balaban J connectivity index is 1.61. The number of imidazole rings is 1. The van der Waals surface area contributed by atoms with Crippen molar-refractivity contribution >= 4 is 11.7 Å². The van der Waals surface area contributed by atoms with E-state index in [1.54, 1.807) is 6.20 Å². The standard InChI is InChI=1S/C20H27N5O3/c1-28-20(27)11-2-7-14-16(10-11)25-18(24-14)17-15(8-9-22-19(17)26)23-13-5-3-12(21)4-6-13/h8-9,11-13H,2-7,10,21H2,1H3,(H,24,25)(H2,22,23,26). The largest absolute Gasteiger partial charge is 0.469 e. The van der Waals surface area contributed by atoms with Gasteiger partial charge in [-0.05, 0) is 44.6 Å². The maximum atomic E-state index is 12.6. The maximum absolute atomic E-state index is 12.6. The summed E-state index contributed by atoms with van der Waals surface area (Å²) in [7, 11) is 1.41. The Morgan fingerprint density at radius 1 is 1.29 bits per heavy atom. The molecule has 0 saturated heterocycles. The van der Waals surface area contributed by atoms with Crippen LogP contribution in [-0.4, -0.2) is 40.1 Å². The molecule has 8 nitrogen and oxygen atoms in total. The first-order valence-corrected chi connectivity index (χ1v) is 9.95. The van der Waals surface area contributed by atoms with E-state index in [1.807, 2.05) is 6.07 Å². The minimum absolute atomic E-state index is 0.163. The smallest absolute Gasteiger partial charge is 0.309 e. The van der Waals surface area contributed by atoms with Crippen LogP contribution < -0.4 is 16.6 Å². The fraction of sp³-hybridized carbons (Fsp3) is 0.550. The summed E-state index contributed by atoms with van der Waals surface area (Å²) in [5.74, 6) is 0.188. The molecule has 0 bridgehead atoms. The average molecular weight is 385 g/mol. The third-order valence-electron chi connectivity index (χ3n) is 5.91. The summed E-state index contributed by atoms with van der Waals surface area (Å²) in [5.41, 5.74) is 8.94. The number of nitrogens with two attached hydrogens (primary N) is 1. The number of hydrogen-bond donors (Lipinski definition) is 4. The van der Waals surface area contributed by atoms with Crippen molar-refractivity contribution in [1.29, 1.82) is 0 Å². The molecule has 2 aliphatic rings. The number of aryl methyl sites for hydroxylation is 1. The highest BCUT2D eigenvalue weighted by Gasteiger charge is 2.29. The number of carbonyl (C=O) groups excluding carboxylic acids is 1. The summed E-state index contributed by atoms with van der Waals surface area (Å²) in [5, 5.41) is 3.52. The molecule has 2 heterocycles. The van der Waals surface area contributed by atoms with Crippen molar-refractivity contribution in [2.45, 2.75) is 57.0 Å². The van der Waals surface area contributed by atoms with E-state index in [0.29, 0.717) is 36.7 Å². The average Bonchev–Trinajstić information content (AvgIpc) is 3.12. The van der Waals surface area contributed by atoms with Gasteiger partial charge in [0.05, 0.1) is 24.4 Å². The number of aromatic nitrogens is 3. The lowest BCUT2D eigenvalue weighted by Gasteiger charge is -2.28. The third kappa shape index (κ3) is 3.69. The Morgan fingerprint density at radius 3 is 2.82 bits per heavy atom. The summed E-state index contributed by atoms with van der Waals surface area (Å²) in [6.07, 6.45) is 7.57. The van der Waals surface area contributed by atoms with Crippen molar-refractivity contribution in [3.05, 3.63) is 34.0 Å². The molecule has 0 aromatic carbocycles. The highest BCUT2D eigenvalue weighted by Crippen LogP contribution is 2.30. The second kappa shape index (κ2) is 7.79. The van der Waals surface area contributed by atoms with Crippen LogP contribution in [0, 0.1) is 5.92 Å². The second-order valence-corrected chi connectivity index (χ2v) is 7.83. The van der Waals surface area contributed by atoms with Crippen LogP contribution in [0.25, 0.3) is 11.4 Å². The van der Waals surface area contributed by atoms with E-state index in [-0.39, 0.29) is 23.5 Å². The van der Waals surface area contributed by atoms with E-state index < -0.39 is 0 Å². The number of aromatic amines is 2. The molecule has 0 aliphatic heterocycles. The minimum atomic E-state index is -0.197. The molecule has 28 heavy (non-hydrogen) atoms. The van der Waals surface area contributed by atoms with Gasteiger partial charge in [0.2, 0.25) is 0 Å². The number of hydrogen-bond acceptors (Lipinski definition) is 6. The van der Waals surface area contributed by atoms with Crippen molar-refractivity contribution in [3.63, 3.8) is 0 Å². The summed E-state index contributed by atoms with van der Waals surface area (Å²) in [4.78, 5) is 35.2. The summed E-state index contributed by atoms with van der Waals surface area (Å²) in [6.45, 7) is 0. The molecule has 2 aromatic rings. The number of pyridine rings is 1. The number of anilines is 1. The first-order valence-electron chi connectivity index (χ1n) is 9.95. The van der Waals surface area contributed by atoms with Gasteiger partial charge < -0.3 is 25.8 Å². The fourth-order valence-corrected chi connectivity index (χ4v) is 4.28. The van der Waals surface area contributed by atoms with Gasteiger partial charge in [0.15, 0.2) is 0 Å². The Hall–Kier alpha value is -2.61. The minimum Gasteiger partial charge on any atom is -0.469 e. The predicted octanol–water partition coefficient (Wildman–Crippen LogP) is 1.72. The summed E-state index contributed by atoms with van der Waals surface area (Å²) < 4.78 is 4.88. The number of rotatable bonds is 4. The predicted molar refractivity (Wildman–Crippen MR) is 106 cm³/mol. The lowest BCUT2D eigenvalue weighted by Crippen LogP contribution is -2.33. The molecule has 1 fully saturated rings. The van der Waals surface area contributed by atoms with Gasteiger partial charge in [0, 0.05) is 30.4 Å². The van der Waals surface area contributed by atoms with Crippen LogP contribution in [0.15, 0.2) is 17.1 Å². The number of esters is 1. The van der Waals surface area contributed by atoms with Crippen molar-refractivity contribution in [2.75, 3.05) is 12.4 Å². The zero-order valence-corrected chi connectivity index (χ0v) is 16.1. The summed E-state index contributed by atoms with van der Waals surface area (Å²) in [6, 6.07) is 2.45. The molecule has 0 spiro atoms. The number of ether oxygens (including phenoxy) is 1. The Morgan fingerprint density at radius 2 is 2.07 bits per heavy atom. The van der Waals surface area contributed by atoms with Gasteiger partial charge in [-0.15, -0.1) is 0 Å². The van der Waals surface area contributed by atoms with E-state index in [4.69, 9.17) is 10.5 Å². The van der Waals surface area contributed by atoms with Crippen LogP contribution in [-0.2, 0) is 22.4 Å². The maximum Gasteiger partial charge on any atom is 0.309 e. The summed E-state index contributed by atoms with van der Waals surface area (Å²) >= 11 is 0. The van der Waals surface area contributed by atoms with Crippen molar-refractivity contribution in [2.24, 2.45) is 11.7 Å². The van der Waals surface area contributed by atoms with E-state index in [1.165, 1.54) is 7.11 Å². The number of carbonyl (C=O) groups is 1. The molecule has 1 unspecified atom stereocenters. The van der Waals surface area contributed by atoms with Gasteiger partial charge in [0.25, 0.3) is 5.56 Å². The molecule has 150 valence electrons. The van der Waals surface area contributed by atoms with Crippen molar-refractivity contribution < 1.29 is 9.53 Å². The van der Waals surface area contributed by atoms with Gasteiger partial charge >= 0.3 is 5.97 Å². The van der Waals surface area contributed by atoms with Gasteiger partial charge in [-0.3, -0.25) is 9.59 Å². The van der Waals surface area contributed by atoms with E-state index in [9.17, 15) is 9.59 Å². The van der Waals surface area contributed by atoms with Gasteiger partial charge in [-0.25, -0.2) is 4.98 Å². The number of fused-ring (bicyclic) bond motifs is 1. The molecule has 4 rings (SSSR count). The zero-order valence-electron chi connectivity index (χ0n) is 16.1. The molecule has 0 radical (unpaired) electrons. The van der Waals surface area contributed by atoms with Crippen molar-refractivity contribution in [1.82, 2.24) is 15.0 Å². The molecule has 1 saturated carbocycles. The molecule has 8 heteroatoms. The molecule has 2 aliphatic carbocycles. The van der Waals surface area contributed by atoms with Crippen molar-refractivity contribution in [3.8, 4) is 11.4 Å². The highest BCUT2D eigenvalue weighted by atomic mass is 16.5. The molecule has 0 amide bonds. The molecule has 2 aromatic heterocycles. The lowest BCUT2D eigenvalue weighted by molar-refractivity contribution is -0.145. The van der Waals surface area contributed by atoms with Gasteiger partial charge in [-0.2, -0.15) is 0 Å². The van der Waals surface area contributed by atoms with Crippen LogP contribution in [0.5, 0.6) is 0 Å². The van der Waals surface area contributed by atoms with Crippen LogP contribution in [0.1, 0.15) is 43.5 Å². The number of H-pyrrole nitrogens is 2. The van der Waals surface area contributed by atoms with Crippen LogP contribution in [0.3, 0.4) is 0 Å². The Kier molecular flexibility index (Phi) is 5.21. The normalized spacial score (nSPS) is 24.4. The quantitative estimate of drug-likeness (QED) is 0.594. The SMILES string of the molecule is COC(=O)C1CCc2nc(-c3c(NC4CCC(N)CC4)cc[nH]c3=O)[nH]c2C1. The molecule has 1 atom stereocenters. The topological polar surface area (TPSA) is 126 Å². The first kappa shape index (κ1) is 18.7. The second-order valence-electron chi connectivity index (χ2n) is 7.83.